The number of benzene rings is 1. The van der Waals surface area contributed by atoms with Gasteiger partial charge in [0.25, 0.3) is 0 Å². The monoisotopic (exact) mass is 259 g/mol. The minimum absolute atomic E-state index is 0.0278. The molecule has 0 aliphatic carbocycles. The van der Waals surface area contributed by atoms with Gasteiger partial charge in [-0.1, -0.05) is 39.0 Å². The fourth-order valence-electron chi connectivity index (χ4n) is 2.08. The molecule has 1 aromatic carbocycles. The van der Waals surface area contributed by atoms with Crippen LogP contribution in [0.25, 0.3) is 10.9 Å². The van der Waals surface area contributed by atoms with E-state index in [2.05, 4.69) is 26.2 Å². The second-order valence-corrected chi connectivity index (χ2v) is 5.70. The molecular weight excluding hydrogens is 238 g/mol. The van der Waals surface area contributed by atoms with Crippen molar-refractivity contribution >= 4 is 16.6 Å². The molecule has 2 rings (SSSR count). The first-order valence-corrected chi connectivity index (χ1v) is 6.36. The highest BCUT2D eigenvalue weighted by Crippen LogP contribution is 2.30. The SMILES string of the molecule is COCc1cccc2c(NN)cc(C(C)(C)C)nc12. The number of nitrogen functional groups attached to an aromatic ring is 1. The largest absolute Gasteiger partial charge is 0.380 e. The van der Waals surface area contributed by atoms with Crippen molar-refractivity contribution in [3.05, 3.63) is 35.5 Å². The van der Waals surface area contributed by atoms with E-state index in [4.69, 9.17) is 15.6 Å². The van der Waals surface area contributed by atoms with E-state index in [1.807, 2.05) is 24.3 Å². The smallest absolute Gasteiger partial charge is 0.0782 e. The quantitative estimate of drug-likeness (QED) is 0.657. The number of nitrogens with one attached hydrogen (secondary N) is 1. The molecule has 2 aromatic rings. The molecule has 0 bridgehead atoms. The highest BCUT2D eigenvalue weighted by Gasteiger charge is 2.18. The summed E-state index contributed by atoms with van der Waals surface area (Å²) in [4.78, 5) is 4.80. The van der Waals surface area contributed by atoms with Gasteiger partial charge < -0.3 is 10.2 Å². The number of rotatable bonds is 3. The maximum absolute atomic E-state index is 5.64. The van der Waals surface area contributed by atoms with Crippen molar-refractivity contribution in [1.82, 2.24) is 4.98 Å². The van der Waals surface area contributed by atoms with E-state index in [-0.39, 0.29) is 5.41 Å². The van der Waals surface area contributed by atoms with E-state index in [1.165, 1.54) is 0 Å². The van der Waals surface area contributed by atoms with Crippen LogP contribution in [0.5, 0.6) is 0 Å². The Labute approximate surface area is 113 Å². The van der Waals surface area contributed by atoms with Gasteiger partial charge in [0.2, 0.25) is 0 Å². The molecule has 0 saturated carbocycles. The van der Waals surface area contributed by atoms with Crippen molar-refractivity contribution in [2.45, 2.75) is 32.8 Å². The fraction of sp³-hybridized carbons (Fsp3) is 0.400. The number of ether oxygens (including phenoxy) is 1. The molecule has 0 aliphatic heterocycles. The lowest BCUT2D eigenvalue weighted by atomic mass is 9.90. The van der Waals surface area contributed by atoms with Crippen molar-refractivity contribution in [3.63, 3.8) is 0 Å². The zero-order chi connectivity index (χ0) is 14.0. The molecule has 102 valence electrons. The van der Waals surface area contributed by atoms with Crippen LogP contribution >= 0.6 is 0 Å². The van der Waals surface area contributed by atoms with Crippen LogP contribution in [-0.2, 0) is 16.8 Å². The van der Waals surface area contributed by atoms with Gasteiger partial charge in [0, 0.05) is 29.2 Å². The van der Waals surface area contributed by atoms with E-state index in [9.17, 15) is 0 Å². The predicted octanol–water partition coefficient (Wildman–Crippen LogP) is 2.96. The third kappa shape index (κ3) is 2.69. The van der Waals surface area contributed by atoms with Crippen LogP contribution in [-0.4, -0.2) is 12.1 Å². The number of methoxy groups -OCH3 is 1. The zero-order valence-electron chi connectivity index (χ0n) is 11.9. The summed E-state index contributed by atoms with van der Waals surface area (Å²) in [5.74, 6) is 5.64. The van der Waals surface area contributed by atoms with Crippen LogP contribution in [0.4, 0.5) is 5.69 Å². The highest BCUT2D eigenvalue weighted by molar-refractivity contribution is 5.93. The second-order valence-electron chi connectivity index (χ2n) is 5.70. The van der Waals surface area contributed by atoms with E-state index >= 15 is 0 Å². The Balaban J connectivity index is 2.74. The Morgan fingerprint density at radius 3 is 2.63 bits per heavy atom. The maximum Gasteiger partial charge on any atom is 0.0782 e. The van der Waals surface area contributed by atoms with Crippen LogP contribution in [0.3, 0.4) is 0 Å². The van der Waals surface area contributed by atoms with E-state index < -0.39 is 0 Å². The minimum Gasteiger partial charge on any atom is -0.380 e. The lowest BCUT2D eigenvalue weighted by Gasteiger charge is -2.20. The fourth-order valence-corrected chi connectivity index (χ4v) is 2.08. The highest BCUT2D eigenvalue weighted by atomic mass is 16.5. The van der Waals surface area contributed by atoms with Crippen molar-refractivity contribution in [3.8, 4) is 0 Å². The van der Waals surface area contributed by atoms with E-state index in [0.717, 1.165) is 27.8 Å². The minimum atomic E-state index is -0.0278. The average Bonchev–Trinajstić information content (AvgIpc) is 2.37. The van der Waals surface area contributed by atoms with E-state index in [1.54, 1.807) is 7.11 Å². The van der Waals surface area contributed by atoms with Crippen molar-refractivity contribution in [1.29, 1.82) is 0 Å². The number of pyridine rings is 1. The molecule has 1 aromatic heterocycles. The van der Waals surface area contributed by atoms with Crippen LogP contribution in [0.1, 0.15) is 32.0 Å². The first-order valence-electron chi connectivity index (χ1n) is 6.36. The molecule has 0 amide bonds. The molecule has 3 N–H and O–H groups in total. The summed E-state index contributed by atoms with van der Waals surface area (Å²) < 4.78 is 5.24. The number of hydrogen-bond donors (Lipinski definition) is 2. The third-order valence-corrected chi connectivity index (χ3v) is 3.15. The number of aromatic nitrogens is 1. The molecule has 1 heterocycles. The topological polar surface area (TPSA) is 60.2 Å². The number of anilines is 1. The normalized spacial score (nSPS) is 11.8. The zero-order valence-corrected chi connectivity index (χ0v) is 11.9. The van der Waals surface area contributed by atoms with Crippen LogP contribution in [0.2, 0.25) is 0 Å². The van der Waals surface area contributed by atoms with Gasteiger partial charge in [0.1, 0.15) is 0 Å². The second kappa shape index (κ2) is 5.15. The van der Waals surface area contributed by atoms with Gasteiger partial charge in [-0.15, -0.1) is 0 Å². The van der Waals surface area contributed by atoms with Gasteiger partial charge in [0.15, 0.2) is 0 Å². The molecule has 0 spiro atoms. The average molecular weight is 259 g/mol. The summed E-state index contributed by atoms with van der Waals surface area (Å²) in [6.07, 6.45) is 0. The van der Waals surface area contributed by atoms with Gasteiger partial charge in [-0.25, -0.2) is 0 Å². The predicted molar refractivity (Wildman–Crippen MR) is 79.0 cm³/mol. The van der Waals surface area contributed by atoms with Crippen molar-refractivity contribution < 1.29 is 4.74 Å². The number of hydrogen-bond acceptors (Lipinski definition) is 4. The third-order valence-electron chi connectivity index (χ3n) is 3.15. The molecule has 4 nitrogen and oxygen atoms in total. The number of para-hydroxylation sites is 1. The van der Waals surface area contributed by atoms with Gasteiger partial charge >= 0.3 is 0 Å². The van der Waals surface area contributed by atoms with E-state index in [0.29, 0.717) is 6.61 Å². The number of hydrazine groups is 1. The number of nitrogens with zero attached hydrogens (tertiary/aromatic N) is 1. The van der Waals surface area contributed by atoms with Gasteiger partial charge in [-0.3, -0.25) is 10.8 Å². The van der Waals surface area contributed by atoms with Crippen molar-refractivity contribution in [2.24, 2.45) is 5.84 Å². The summed E-state index contributed by atoms with van der Waals surface area (Å²) >= 11 is 0. The Kier molecular flexibility index (Phi) is 3.73. The first kappa shape index (κ1) is 13.8. The molecular formula is C15H21N3O. The lowest BCUT2D eigenvalue weighted by molar-refractivity contribution is 0.186. The number of fused-ring (bicyclic) bond motifs is 1. The summed E-state index contributed by atoms with van der Waals surface area (Å²) in [7, 11) is 1.69. The molecule has 19 heavy (non-hydrogen) atoms. The summed E-state index contributed by atoms with van der Waals surface area (Å²) in [6, 6.07) is 8.06. The molecule has 4 heteroatoms. The van der Waals surface area contributed by atoms with Gasteiger partial charge in [-0.2, -0.15) is 0 Å². The van der Waals surface area contributed by atoms with Crippen LogP contribution in [0.15, 0.2) is 24.3 Å². The summed E-state index contributed by atoms with van der Waals surface area (Å²) in [5.41, 5.74) is 6.67. The Hall–Kier alpha value is -1.65. The lowest BCUT2D eigenvalue weighted by Crippen LogP contribution is -2.16. The summed E-state index contributed by atoms with van der Waals surface area (Å²) in [6.45, 7) is 6.96. The molecule has 0 atom stereocenters. The first-order chi connectivity index (χ1) is 8.97. The van der Waals surface area contributed by atoms with Crippen LogP contribution in [0, 0.1) is 0 Å². The Morgan fingerprint density at radius 2 is 2.05 bits per heavy atom. The molecule has 0 fully saturated rings. The molecule has 0 unspecified atom stereocenters. The Bertz CT molecular complexity index is 588. The molecule has 0 saturated heterocycles. The number of nitrogens with two attached hydrogens (primary N) is 1. The molecule has 0 radical (unpaired) electrons. The maximum atomic E-state index is 5.64. The van der Waals surface area contributed by atoms with Crippen LogP contribution < -0.4 is 11.3 Å². The van der Waals surface area contributed by atoms with Gasteiger partial charge in [-0.05, 0) is 6.07 Å². The Morgan fingerprint density at radius 1 is 1.32 bits per heavy atom. The molecule has 0 aliphatic rings. The van der Waals surface area contributed by atoms with Crippen molar-refractivity contribution in [2.75, 3.05) is 12.5 Å². The summed E-state index contributed by atoms with van der Waals surface area (Å²) in [5, 5.41) is 1.02. The van der Waals surface area contributed by atoms with Gasteiger partial charge in [0.05, 0.1) is 17.8 Å². The standard InChI is InChI=1S/C15H21N3O/c1-15(2,3)13-8-12(18-16)11-7-5-6-10(9-19-4)14(11)17-13/h5-8H,9,16H2,1-4H3,(H,17,18).